The largest absolute Gasteiger partial charge is 0.384 e. The van der Waals surface area contributed by atoms with E-state index < -0.39 is 0 Å². The number of carbonyl (C=O) groups excluding carboxylic acids is 1. The molecule has 1 aromatic rings. The average molecular weight is 272 g/mol. The molecule has 0 bridgehead atoms. The second-order valence-electron chi connectivity index (χ2n) is 6.81. The quantitative estimate of drug-likeness (QED) is 0.867. The number of hydrogen-bond donors (Lipinski definition) is 2. The van der Waals surface area contributed by atoms with E-state index in [0.29, 0.717) is 6.04 Å². The van der Waals surface area contributed by atoms with Crippen LogP contribution in [0.5, 0.6) is 0 Å². The van der Waals surface area contributed by atoms with E-state index in [9.17, 15) is 4.79 Å². The zero-order valence-corrected chi connectivity index (χ0v) is 12.5. The van der Waals surface area contributed by atoms with Gasteiger partial charge in [-0.05, 0) is 48.4 Å². The first-order valence-corrected chi connectivity index (χ1v) is 7.74. The molecule has 108 valence electrons. The summed E-state index contributed by atoms with van der Waals surface area (Å²) in [4.78, 5) is 12.5. The minimum absolute atomic E-state index is 0.0830. The summed E-state index contributed by atoms with van der Waals surface area (Å²) in [5, 5.41) is 6.59. The molecule has 0 radical (unpaired) electrons. The third-order valence-corrected chi connectivity index (χ3v) is 4.89. The van der Waals surface area contributed by atoms with Crippen LogP contribution >= 0.6 is 0 Å². The predicted octanol–water partition coefficient (Wildman–Crippen LogP) is 3.35. The fourth-order valence-corrected chi connectivity index (χ4v) is 3.45. The Bertz CT molecular complexity index is 522. The molecule has 1 atom stereocenters. The lowest BCUT2D eigenvalue weighted by Gasteiger charge is -2.39. The van der Waals surface area contributed by atoms with Gasteiger partial charge in [-0.25, -0.2) is 0 Å². The first-order chi connectivity index (χ1) is 9.56. The first kappa shape index (κ1) is 13.5. The maximum absolute atomic E-state index is 12.5. The van der Waals surface area contributed by atoms with Crippen LogP contribution in [0.1, 0.15) is 55.5 Å². The van der Waals surface area contributed by atoms with E-state index >= 15 is 0 Å². The summed E-state index contributed by atoms with van der Waals surface area (Å²) < 4.78 is 0. The lowest BCUT2D eigenvalue weighted by atomic mass is 9.73. The predicted molar refractivity (Wildman–Crippen MR) is 82.1 cm³/mol. The molecule has 1 fully saturated rings. The summed E-state index contributed by atoms with van der Waals surface area (Å²) in [6, 6.07) is 6.31. The second-order valence-corrected chi connectivity index (χ2v) is 6.81. The number of fused-ring (bicyclic) bond motifs is 1. The van der Waals surface area contributed by atoms with Crippen LogP contribution in [0.2, 0.25) is 0 Å². The number of nitrogens with one attached hydrogen (secondary N) is 2. The van der Waals surface area contributed by atoms with E-state index in [-0.39, 0.29) is 11.3 Å². The highest BCUT2D eigenvalue weighted by Gasteiger charge is 2.33. The van der Waals surface area contributed by atoms with Crippen LogP contribution in [0, 0.1) is 5.41 Å². The highest BCUT2D eigenvalue weighted by atomic mass is 16.1. The van der Waals surface area contributed by atoms with Crippen molar-refractivity contribution in [2.45, 2.75) is 52.0 Å². The number of carbonyl (C=O) groups is 1. The fraction of sp³-hybridized carbons (Fsp3) is 0.588. The monoisotopic (exact) mass is 272 g/mol. The average Bonchev–Trinajstić information content (AvgIpc) is 2.88. The Morgan fingerprint density at radius 1 is 1.35 bits per heavy atom. The van der Waals surface area contributed by atoms with Crippen molar-refractivity contribution in [1.29, 1.82) is 0 Å². The number of rotatable bonds is 2. The van der Waals surface area contributed by atoms with Gasteiger partial charge in [-0.15, -0.1) is 0 Å². The van der Waals surface area contributed by atoms with E-state index in [1.807, 2.05) is 18.2 Å². The maximum Gasteiger partial charge on any atom is 0.251 e. The van der Waals surface area contributed by atoms with Crippen LogP contribution in [-0.2, 0) is 6.42 Å². The smallest absolute Gasteiger partial charge is 0.251 e. The molecular weight excluding hydrogens is 248 g/mol. The first-order valence-electron chi connectivity index (χ1n) is 7.74. The van der Waals surface area contributed by atoms with Gasteiger partial charge in [0, 0.05) is 23.8 Å². The third-order valence-electron chi connectivity index (χ3n) is 4.89. The molecule has 1 unspecified atom stereocenters. The van der Waals surface area contributed by atoms with Crippen molar-refractivity contribution < 1.29 is 4.79 Å². The van der Waals surface area contributed by atoms with Crippen molar-refractivity contribution in [3.63, 3.8) is 0 Å². The van der Waals surface area contributed by atoms with Gasteiger partial charge < -0.3 is 10.6 Å². The minimum Gasteiger partial charge on any atom is -0.384 e. The van der Waals surface area contributed by atoms with Crippen LogP contribution in [0.15, 0.2) is 18.2 Å². The van der Waals surface area contributed by atoms with E-state index in [2.05, 4.69) is 24.5 Å². The number of benzene rings is 1. The van der Waals surface area contributed by atoms with Crippen LogP contribution in [0.25, 0.3) is 0 Å². The van der Waals surface area contributed by atoms with Crippen LogP contribution in [0.3, 0.4) is 0 Å². The molecule has 1 saturated carbocycles. The van der Waals surface area contributed by atoms with Gasteiger partial charge in [0.25, 0.3) is 5.91 Å². The normalized spacial score (nSPS) is 23.8. The van der Waals surface area contributed by atoms with Crippen molar-refractivity contribution in [2.75, 3.05) is 11.9 Å². The van der Waals surface area contributed by atoms with Gasteiger partial charge in [0.05, 0.1) is 0 Å². The van der Waals surface area contributed by atoms with Crippen molar-refractivity contribution in [3.8, 4) is 0 Å². The summed E-state index contributed by atoms with van der Waals surface area (Å²) in [7, 11) is 0. The highest BCUT2D eigenvalue weighted by Crippen LogP contribution is 2.35. The third kappa shape index (κ3) is 2.54. The molecule has 0 spiro atoms. The van der Waals surface area contributed by atoms with Crippen LogP contribution in [0.4, 0.5) is 5.69 Å². The van der Waals surface area contributed by atoms with Crippen molar-refractivity contribution in [1.82, 2.24) is 5.32 Å². The minimum atomic E-state index is 0.0830. The Morgan fingerprint density at radius 2 is 2.20 bits per heavy atom. The lowest BCUT2D eigenvalue weighted by Crippen LogP contribution is -2.46. The van der Waals surface area contributed by atoms with E-state index in [1.54, 1.807) is 0 Å². The molecule has 0 aromatic heterocycles. The molecule has 1 aromatic carbocycles. The summed E-state index contributed by atoms with van der Waals surface area (Å²) >= 11 is 0. The molecular formula is C17H24N2O. The fourth-order valence-electron chi connectivity index (χ4n) is 3.45. The van der Waals surface area contributed by atoms with Gasteiger partial charge in [0.15, 0.2) is 0 Å². The van der Waals surface area contributed by atoms with Crippen molar-refractivity contribution in [2.24, 2.45) is 5.41 Å². The summed E-state index contributed by atoms with van der Waals surface area (Å²) in [5.74, 6) is 0.0830. The topological polar surface area (TPSA) is 41.1 Å². The molecule has 1 aliphatic carbocycles. The van der Waals surface area contributed by atoms with E-state index in [0.717, 1.165) is 24.9 Å². The summed E-state index contributed by atoms with van der Waals surface area (Å²) in [6.07, 6.45) is 5.83. The summed E-state index contributed by atoms with van der Waals surface area (Å²) in [5.41, 5.74) is 3.46. The Balaban J connectivity index is 1.73. The molecule has 1 amide bonds. The van der Waals surface area contributed by atoms with Gasteiger partial charge in [0.2, 0.25) is 0 Å². The summed E-state index contributed by atoms with van der Waals surface area (Å²) in [6.45, 7) is 5.52. The Hall–Kier alpha value is -1.51. The molecule has 1 heterocycles. The number of hydrogen-bond acceptors (Lipinski definition) is 2. The maximum atomic E-state index is 12.5. The van der Waals surface area contributed by atoms with E-state index in [1.165, 1.54) is 30.5 Å². The lowest BCUT2D eigenvalue weighted by molar-refractivity contribution is 0.0853. The van der Waals surface area contributed by atoms with Gasteiger partial charge in [-0.2, -0.15) is 0 Å². The molecule has 20 heavy (non-hydrogen) atoms. The molecule has 3 nitrogen and oxygen atoms in total. The Kier molecular flexibility index (Phi) is 3.45. The number of anilines is 1. The van der Waals surface area contributed by atoms with Crippen LogP contribution in [-0.4, -0.2) is 18.5 Å². The molecule has 0 saturated heterocycles. The molecule has 1 aliphatic heterocycles. The molecule has 2 N–H and O–H groups in total. The van der Waals surface area contributed by atoms with Crippen LogP contribution < -0.4 is 10.6 Å². The van der Waals surface area contributed by atoms with Gasteiger partial charge in [-0.3, -0.25) is 4.79 Å². The molecule has 2 aliphatic rings. The van der Waals surface area contributed by atoms with Gasteiger partial charge in [0.1, 0.15) is 0 Å². The SMILES string of the molecule is CC1(C)CCCCC1NC(=O)c1ccc2c(c1)CCN2. The Morgan fingerprint density at radius 3 is 3.00 bits per heavy atom. The zero-order valence-electron chi connectivity index (χ0n) is 12.5. The molecule has 3 rings (SSSR count). The molecule has 3 heteroatoms. The Labute approximate surface area is 121 Å². The van der Waals surface area contributed by atoms with Gasteiger partial charge >= 0.3 is 0 Å². The highest BCUT2D eigenvalue weighted by molar-refractivity contribution is 5.95. The van der Waals surface area contributed by atoms with E-state index in [4.69, 9.17) is 0 Å². The standard InChI is InChI=1S/C17H24N2O/c1-17(2)9-4-3-5-15(17)19-16(20)13-6-7-14-12(11-13)8-10-18-14/h6-7,11,15,18H,3-5,8-10H2,1-2H3,(H,19,20). The number of amides is 1. The van der Waals surface area contributed by atoms with Crippen molar-refractivity contribution >= 4 is 11.6 Å². The second kappa shape index (κ2) is 5.12. The zero-order chi connectivity index (χ0) is 14.2. The van der Waals surface area contributed by atoms with Crippen molar-refractivity contribution in [3.05, 3.63) is 29.3 Å². The van der Waals surface area contributed by atoms with Gasteiger partial charge in [-0.1, -0.05) is 26.7 Å².